The maximum atomic E-state index is 12.4. The van der Waals surface area contributed by atoms with Crippen LogP contribution in [0.2, 0.25) is 0 Å². The molecule has 3 rings (SSSR count). The van der Waals surface area contributed by atoms with Gasteiger partial charge in [-0.25, -0.2) is 9.97 Å². The van der Waals surface area contributed by atoms with E-state index in [-0.39, 0.29) is 18.0 Å². The van der Waals surface area contributed by atoms with Crippen molar-refractivity contribution in [2.24, 2.45) is 0 Å². The van der Waals surface area contributed by atoms with Gasteiger partial charge in [0.1, 0.15) is 0 Å². The smallest absolute Gasteiger partial charge is 0.316 e. The van der Waals surface area contributed by atoms with E-state index in [1.54, 1.807) is 6.20 Å². The molecule has 132 valence electrons. The number of aromatic nitrogens is 3. The van der Waals surface area contributed by atoms with Gasteiger partial charge in [-0.2, -0.15) is 0 Å². The van der Waals surface area contributed by atoms with Gasteiger partial charge in [-0.05, 0) is 11.6 Å². The lowest BCUT2D eigenvalue weighted by Gasteiger charge is -2.34. The first-order valence-electron chi connectivity index (χ1n) is 8.14. The molecule has 0 unspecified atom stereocenters. The lowest BCUT2D eigenvalue weighted by Crippen LogP contribution is -2.43. The van der Waals surface area contributed by atoms with Crippen LogP contribution >= 0.6 is 0 Å². The van der Waals surface area contributed by atoms with Crippen LogP contribution in [0.3, 0.4) is 0 Å². The molecule has 8 heteroatoms. The first-order valence-corrected chi connectivity index (χ1v) is 8.14. The van der Waals surface area contributed by atoms with E-state index in [2.05, 4.69) is 25.2 Å². The number of nitrogens with one attached hydrogen (secondary N) is 1. The lowest BCUT2D eigenvalue weighted by molar-refractivity contribution is 0.0161. The Labute approximate surface area is 146 Å². The van der Waals surface area contributed by atoms with Gasteiger partial charge in [0, 0.05) is 44.4 Å². The summed E-state index contributed by atoms with van der Waals surface area (Å²) in [6.07, 6.45) is 6.49. The summed E-state index contributed by atoms with van der Waals surface area (Å²) in [6.45, 7) is 3.49. The molecule has 1 saturated heterocycles. The Bertz CT molecular complexity index is 674. The maximum absolute atomic E-state index is 12.4. The second-order valence-electron chi connectivity index (χ2n) is 5.62. The zero-order valence-electron chi connectivity index (χ0n) is 14.1. The van der Waals surface area contributed by atoms with Crippen molar-refractivity contribution in [3.8, 4) is 6.01 Å². The quantitative estimate of drug-likeness (QED) is 0.825. The van der Waals surface area contributed by atoms with Gasteiger partial charge in [0.05, 0.1) is 31.9 Å². The molecule has 8 nitrogen and oxygen atoms in total. The summed E-state index contributed by atoms with van der Waals surface area (Å²) in [4.78, 5) is 26.8. The highest BCUT2D eigenvalue weighted by molar-refractivity contribution is 5.93. The molecule has 3 heterocycles. The molecule has 1 amide bonds. The molecule has 0 saturated carbocycles. The Morgan fingerprint density at radius 2 is 2.08 bits per heavy atom. The monoisotopic (exact) mass is 343 g/mol. The Morgan fingerprint density at radius 3 is 2.72 bits per heavy atom. The fraction of sp³-hybridized carbons (Fsp3) is 0.412. The van der Waals surface area contributed by atoms with Gasteiger partial charge in [-0.3, -0.25) is 14.7 Å². The zero-order chi connectivity index (χ0) is 17.5. The molecule has 2 aromatic rings. The van der Waals surface area contributed by atoms with E-state index < -0.39 is 0 Å². The van der Waals surface area contributed by atoms with Crippen molar-refractivity contribution in [1.29, 1.82) is 0 Å². The number of hydrogen-bond donors (Lipinski definition) is 1. The lowest BCUT2D eigenvalue weighted by atomic mass is 10.1. The van der Waals surface area contributed by atoms with Gasteiger partial charge in [-0.15, -0.1) is 0 Å². The van der Waals surface area contributed by atoms with Crippen LogP contribution in [-0.4, -0.2) is 65.7 Å². The Hall–Kier alpha value is -2.58. The maximum Gasteiger partial charge on any atom is 0.316 e. The van der Waals surface area contributed by atoms with Crippen LogP contribution < -0.4 is 10.1 Å². The molecular weight excluding hydrogens is 322 g/mol. The van der Waals surface area contributed by atoms with E-state index in [4.69, 9.17) is 9.47 Å². The van der Waals surface area contributed by atoms with Gasteiger partial charge in [0.2, 0.25) is 0 Å². The third-order valence-electron chi connectivity index (χ3n) is 4.08. The SMILES string of the molecule is COc1ncc(C(=O)NC[C@@H](c2cccnc2)N2CCOCC2)cn1. The van der Waals surface area contributed by atoms with Gasteiger partial charge in [0.15, 0.2) is 0 Å². The van der Waals surface area contributed by atoms with Crippen LogP contribution in [0.5, 0.6) is 6.01 Å². The van der Waals surface area contributed by atoms with Gasteiger partial charge < -0.3 is 14.8 Å². The predicted molar refractivity (Wildman–Crippen MR) is 90.3 cm³/mol. The third-order valence-corrected chi connectivity index (χ3v) is 4.08. The average molecular weight is 343 g/mol. The van der Waals surface area contributed by atoms with E-state index >= 15 is 0 Å². The van der Waals surface area contributed by atoms with Crippen LogP contribution in [0, 0.1) is 0 Å². The van der Waals surface area contributed by atoms with Crippen LogP contribution in [-0.2, 0) is 4.74 Å². The molecular formula is C17H21N5O3. The fourth-order valence-corrected chi connectivity index (χ4v) is 2.75. The van der Waals surface area contributed by atoms with E-state index in [1.807, 2.05) is 18.3 Å². The van der Waals surface area contributed by atoms with Crippen LogP contribution in [0.1, 0.15) is 22.0 Å². The first-order chi connectivity index (χ1) is 12.3. The number of ether oxygens (including phenoxy) is 2. The van der Waals surface area contributed by atoms with Crippen LogP contribution in [0.15, 0.2) is 36.9 Å². The van der Waals surface area contributed by atoms with Gasteiger partial charge in [0.25, 0.3) is 5.91 Å². The summed E-state index contributed by atoms with van der Waals surface area (Å²) in [5.74, 6) is -0.218. The number of rotatable bonds is 6. The molecule has 0 bridgehead atoms. The van der Waals surface area contributed by atoms with Crippen molar-refractivity contribution in [1.82, 2.24) is 25.2 Å². The molecule has 0 spiro atoms. The average Bonchev–Trinajstić information content (AvgIpc) is 2.70. The number of nitrogens with zero attached hydrogens (tertiary/aromatic N) is 4. The number of methoxy groups -OCH3 is 1. The number of hydrogen-bond acceptors (Lipinski definition) is 7. The zero-order valence-corrected chi connectivity index (χ0v) is 14.1. The van der Waals surface area contributed by atoms with Gasteiger partial charge in [-0.1, -0.05) is 6.07 Å². The minimum absolute atomic E-state index is 0.0423. The number of morpholine rings is 1. The standard InChI is InChI=1S/C17H21N5O3/c1-24-17-20-10-14(11-21-17)16(23)19-12-15(13-3-2-4-18-9-13)22-5-7-25-8-6-22/h2-4,9-11,15H,5-8,12H2,1H3,(H,19,23)/t15-/m0/s1. The molecule has 25 heavy (non-hydrogen) atoms. The predicted octanol–water partition coefficient (Wildman–Crippen LogP) is 0.683. The topological polar surface area (TPSA) is 89.5 Å². The van der Waals surface area contributed by atoms with E-state index in [0.717, 1.165) is 18.7 Å². The Morgan fingerprint density at radius 1 is 1.32 bits per heavy atom. The van der Waals surface area contributed by atoms with Crippen molar-refractivity contribution in [3.05, 3.63) is 48.0 Å². The summed E-state index contributed by atoms with van der Waals surface area (Å²) >= 11 is 0. The fourth-order valence-electron chi connectivity index (χ4n) is 2.75. The number of carbonyl (C=O) groups excluding carboxylic acids is 1. The van der Waals surface area contributed by atoms with Gasteiger partial charge >= 0.3 is 6.01 Å². The van der Waals surface area contributed by atoms with E-state index in [9.17, 15) is 4.79 Å². The summed E-state index contributed by atoms with van der Waals surface area (Å²) in [6, 6.07) is 4.20. The highest BCUT2D eigenvalue weighted by atomic mass is 16.5. The van der Waals surface area contributed by atoms with Crippen molar-refractivity contribution < 1.29 is 14.3 Å². The summed E-state index contributed by atoms with van der Waals surface area (Å²) in [7, 11) is 1.48. The highest BCUT2D eigenvalue weighted by Crippen LogP contribution is 2.20. The molecule has 0 radical (unpaired) electrons. The van der Waals surface area contributed by atoms with E-state index in [1.165, 1.54) is 19.5 Å². The molecule has 1 aliphatic rings. The van der Waals surface area contributed by atoms with Crippen molar-refractivity contribution >= 4 is 5.91 Å². The van der Waals surface area contributed by atoms with Crippen molar-refractivity contribution in [3.63, 3.8) is 0 Å². The normalized spacial score (nSPS) is 16.2. The minimum atomic E-state index is -0.218. The Balaban J connectivity index is 1.68. The second kappa shape index (κ2) is 8.50. The van der Waals surface area contributed by atoms with Crippen LogP contribution in [0.4, 0.5) is 0 Å². The minimum Gasteiger partial charge on any atom is -0.467 e. The summed E-state index contributed by atoms with van der Waals surface area (Å²) in [5.41, 5.74) is 1.46. The molecule has 1 atom stereocenters. The molecule has 2 aromatic heterocycles. The second-order valence-corrected chi connectivity index (χ2v) is 5.62. The molecule has 0 aromatic carbocycles. The van der Waals surface area contributed by atoms with Crippen molar-refractivity contribution in [2.45, 2.75) is 6.04 Å². The van der Waals surface area contributed by atoms with Crippen molar-refractivity contribution in [2.75, 3.05) is 40.0 Å². The van der Waals surface area contributed by atoms with Crippen LogP contribution in [0.25, 0.3) is 0 Å². The third kappa shape index (κ3) is 4.49. The Kier molecular flexibility index (Phi) is 5.86. The molecule has 1 aliphatic heterocycles. The molecule has 1 fully saturated rings. The molecule has 1 N–H and O–H groups in total. The summed E-state index contributed by atoms with van der Waals surface area (Å²) < 4.78 is 10.3. The van der Waals surface area contributed by atoms with E-state index in [0.29, 0.717) is 25.3 Å². The first kappa shape index (κ1) is 17.2. The number of pyridine rings is 1. The summed E-state index contributed by atoms with van der Waals surface area (Å²) in [5, 5.41) is 2.96. The number of carbonyl (C=O) groups is 1. The molecule has 0 aliphatic carbocycles. The largest absolute Gasteiger partial charge is 0.467 e. The number of amides is 1. The highest BCUT2D eigenvalue weighted by Gasteiger charge is 2.23.